The SMILES string of the molecule is C/C=C1/C[N+]2(CCCC)CC[C@]34C(=C(C=O)[C@H]1C[C@@H]32)Nc1c(O)cccc14. The predicted octanol–water partition coefficient (Wildman–Crippen LogP) is 3.88. The Morgan fingerprint density at radius 1 is 1.41 bits per heavy atom. The fourth-order valence-corrected chi connectivity index (χ4v) is 6.76. The summed E-state index contributed by atoms with van der Waals surface area (Å²) < 4.78 is 1.15. The van der Waals surface area contributed by atoms with Gasteiger partial charge in [-0.05, 0) is 30.5 Å². The summed E-state index contributed by atoms with van der Waals surface area (Å²) in [6, 6.07) is 6.37. The Bertz CT molecular complexity index is 886. The van der Waals surface area contributed by atoms with Crippen LogP contribution >= 0.6 is 0 Å². The molecule has 2 fully saturated rings. The second-order valence-electron chi connectivity index (χ2n) is 8.84. The summed E-state index contributed by atoms with van der Waals surface area (Å²) in [4.78, 5) is 12.2. The number of benzene rings is 1. The minimum absolute atomic E-state index is 0.131. The van der Waals surface area contributed by atoms with Crippen molar-refractivity contribution in [3.05, 3.63) is 46.7 Å². The zero-order valence-electron chi connectivity index (χ0n) is 16.3. The van der Waals surface area contributed by atoms with Gasteiger partial charge in [0, 0.05) is 30.0 Å². The number of nitrogens with zero attached hydrogens (tertiary/aromatic N) is 1. The van der Waals surface area contributed by atoms with E-state index in [2.05, 4.69) is 31.3 Å². The van der Waals surface area contributed by atoms with E-state index in [1.165, 1.54) is 30.5 Å². The molecular weight excluding hydrogens is 336 g/mol. The number of anilines is 1. The summed E-state index contributed by atoms with van der Waals surface area (Å²) in [7, 11) is 0. The van der Waals surface area contributed by atoms with Crippen LogP contribution < -0.4 is 5.32 Å². The van der Waals surface area contributed by atoms with Crippen LogP contribution in [0.4, 0.5) is 5.69 Å². The number of quaternary nitrogens is 1. The molecule has 0 radical (unpaired) electrons. The van der Waals surface area contributed by atoms with E-state index < -0.39 is 0 Å². The number of phenols is 1. The summed E-state index contributed by atoms with van der Waals surface area (Å²) in [6.07, 6.45) is 7.91. The summed E-state index contributed by atoms with van der Waals surface area (Å²) in [5.41, 5.74) is 5.34. The molecule has 0 aromatic heterocycles. The number of carbonyl (C=O) groups excluding carboxylic acids is 1. The predicted molar refractivity (Wildman–Crippen MR) is 107 cm³/mol. The number of aldehydes is 1. The molecule has 2 N–H and O–H groups in total. The average Bonchev–Trinajstić information content (AvgIpc) is 3.21. The fourth-order valence-electron chi connectivity index (χ4n) is 6.76. The Labute approximate surface area is 161 Å². The Kier molecular flexibility index (Phi) is 3.61. The molecule has 4 nitrogen and oxygen atoms in total. The van der Waals surface area contributed by atoms with E-state index in [1.807, 2.05) is 6.07 Å². The highest BCUT2D eigenvalue weighted by molar-refractivity contribution is 5.85. The van der Waals surface area contributed by atoms with E-state index in [9.17, 15) is 9.90 Å². The van der Waals surface area contributed by atoms with Gasteiger partial charge in [0.05, 0.1) is 24.2 Å². The van der Waals surface area contributed by atoms with Gasteiger partial charge < -0.3 is 14.9 Å². The summed E-state index contributed by atoms with van der Waals surface area (Å²) in [5.74, 6) is 0.531. The molecule has 1 spiro atoms. The van der Waals surface area contributed by atoms with Gasteiger partial charge in [0.2, 0.25) is 0 Å². The lowest BCUT2D eigenvalue weighted by Crippen LogP contribution is -2.63. The maximum Gasteiger partial charge on any atom is 0.148 e. The number of fused-ring (bicyclic) bond motifs is 2. The van der Waals surface area contributed by atoms with Gasteiger partial charge in [-0.15, -0.1) is 0 Å². The molecule has 142 valence electrons. The van der Waals surface area contributed by atoms with Gasteiger partial charge in [0.1, 0.15) is 24.6 Å². The highest BCUT2D eigenvalue weighted by atomic mass is 16.3. The highest BCUT2D eigenvalue weighted by Crippen LogP contribution is 2.64. The first-order valence-electron chi connectivity index (χ1n) is 10.4. The van der Waals surface area contributed by atoms with Crippen LogP contribution in [0.5, 0.6) is 5.75 Å². The molecule has 4 atom stereocenters. The third-order valence-corrected chi connectivity index (χ3v) is 7.92. The zero-order chi connectivity index (χ0) is 18.8. The minimum Gasteiger partial charge on any atom is -0.506 e. The van der Waals surface area contributed by atoms with E-state index in [1.54, 1.807) is 6.07 Å². The van der Waals surface area contributed by atoms with E-state index in [0.717, 1.165) is 53.7 Å². The number of rotatable bonds is 4. The molecule has 3 aliphatic heterocycles. The molecule has 4 heteroatoms. The van der Waals surface area contributed by atoms with Crippen LogP contribution in [0.25, 0.3) is 0 Å². The van der Waals surface area contributed by atoms with Gasteiger partial charge in [0.15, 0.2) is 0 Å². The standard InChI is InChI=1S/C23H28N2O2/c1-3-5-10-25-11-9-23-18-7-6-8-19(27)21(18)24-22(23)17(14-26)16(12-20(23)25)15(4-2)13-25/h4,6-8,14,16,20H,3,5,9-13H2,1-2H3,(H-,24,26,27)/p+1/b15-4-/t16-,20-,23+,25?/m0/s1. The largest absolute Gasteiger partial charge is 0.506 e. The van der Waals surface area contributed by atoms with Gasteiger partial charge in [-0.1, -0.05) is 31.6 Å². The van der Waals surface area contributed by atoms with E-state index in [0.29, 0.717) is 11.8 Å². The molecule has 0 amide bonds. The van der Waals surface area contributed by atoms with Crippen molar-refractivity contribution in [2.24, 2.45) is 5.92 Å². The first kappa shape index (κ1) is 17.1. The average molecular weight is 365 g/mol. The topological polar surface area (TPSA) is 49.3 Å². The summed E-state index contributed by atoms with van der Waals surface area (Å²) >= 11 is 0. The van der Waals surface area contributed by atoms with E-state index in [-0.39, 0.29) is 11.3 Å². The number of allylic oxidation sites excluding steroid dienone is 2. The lowest BCUT2D eigenvalue weighted by molar-refractivity contribution is -0.941. The molecule has 0 saturated carbocycles. The quantitative estimate of drug-likeness (QED) is 0.368. The molecule has 5 rings (SSSR count). The van der Waals surface area contributed by atoms with Crippen LogP contribution in [0.2, 0.25) is 0 Å². The van der Waals surface area contributed by atoms with Crippen molar-refractivity contribution >= 4 is 12.0 Å². The monoisotopic (exact) mass is 365 g/mol. The number of unbranched alkanes of at least 4 members (excludes halogenated alkanes) is 1. The van der Waals surface area contributed by atoms with Crippen molar-refractivity contribution < 1.29 is 14.4 Å². The molecule has 1 aliphatic carbocycles. The number of hydrogen-bond donors (Lipinski definition) is 2. The fraction of sp³-hybridized carbons (Fsp3) is 0.522. The van der Waals surface area contributed by atoms with Gasteiger partial charge in [0.25, 0.3) is 0 Å². The number of piperidine rings is 1. The number of phenolic OH excluding ortho intramolecular Hbond substituents is 1. The van der Waals surface area contributed by atoms with Crippen molar-refractivity contribution in [3.8, 4) is 5.75 Å². The second kappa shape index (κ2) is 5.71. The van der Waals surface area contributed by atoms with Crippen LogP contribution in [0.3, 0.4) is 0 Å². The van der Waals surface area contributed by atoms with Gasteiger partial charge in [-0.2, -0.15) is 0 Å². The number of aromatic hydroxyl groups is 1. The lowest BCUT2D eigenvalue weighted by atomic mass is 9.61. The van der Waals surface area contributed by atoms with Crippen LogP contribution in [-0.2, 0) is 10.2 Å². The molecule has 3 heterocycles. The Hall–Kier alpha value is -2.07. The molecule has 2 saturated heterocycles. The number of hydrogen-bond acceptors (Lipinski definition) is 3. The molecular formula is C23H29N2O2+. The van der Waals surface area contributed by atoms with Gasteiger partial charge >= 0.3 is 0 Å². The van der Waals surface area contributed by atoms with Gasteiger partial charge in [-0.25, -0.2) is 0 Å². The maximum atomic E-state index is 12.2. The first-order chi connectivity index (χ1) is 13.1. The number of carbonyl (C=O) groups is 1. The lowest BCUT2D eigenvalue weighted by Gasteiger charge is -2.53. The van der Waals surface area contributed by atoms with Crippen molar-refractivity contribution in [2.75, 3.05) is 25.0 Å². The Morgan fingerprint density at radius 3 is 3.00 bits per heavy atom. The normalized spacial score (nSPS) is 37.2. The van der Waals surface area contributed by atoms with Gasteiger partial charge in [-0.3, -0.25) is 4.79 Å². The molecule has 1 aromatic rings. The maximum absolute atomic E-state index is 12.2. The molecule has 1 aromatic carbocycles. The summed E-state index contributed by atoms with van der Waals surface area (Å²) in [6.45, 7) is 7.84. The Balaban J connectivity index is 1.78. The highest BCUT2D eigenvalue weighted by Gasteiger charge is 2.68. The summed E-state index contributed by atoms with van der Waals surface area (Å²) in [5, 5.41) is 14.0. The van der Waals surface area contributed by atoms with E-state index in [4.69, 9.17) is 0 Å². The van der Waals surface area contributed by atoms with Crippen molar-refractivity contribution in [1.29, 1.82) is 0 Å². The molecule has 1 unspecified atom stereocenters. The molecule has 4 aliphatic rings. The third kappa shape index (κ3) is 1.94. The first-order valence-corrected chi connectivity index (χ1v) is 10.4. The van der Waals surface area contributed by atoms with Crippen LogP contribution in [0.15, 0.2) is 41.1 Å². The third-order valence-electron chi connectivity index (χ3n) is 7.92. The number of nitrogens with one attached hydrogen (secondary N) is 1. The Morgan fingerprint density at radius 2 is 2.26 bits per heavy atom. The van der Waals surface area contributed by atoms with Crippen LogP contribution in [0, 0.1) is 5.92 Å². The van der Waals surface area contributed by atoms with Crippen LogP contribution in [-0.4, -0.2) is 41.6 Å². The van der Waals surface area contributed by atoms with Crippen molar-refractivity contribution in [2.45, 2.75) is 51.0 Å². The van der Waals surface area contributed by atoms with Crippen molar-refractivity contribution in [1.82, 2.24) is 0 Å². The van der Waals surface area contributed by atoms with E-state index >= 15 is 0 Å². The molecule has 27 heavy (non-hydrogen) atoms. The van der Waals surface area contributed by atoms with Crippen molar-refractivity contribution in [3.63, 3.8) is 0 Å². The van der Waals surface area contributed by atoms with Crippen LogP contribution in [0.1, 0.15) is 45.1 Å². The second-order valence-corrected chi connectivity index (χ2v) is 8.84. The minimum atomic E-state index is -0.131. The number of para-hydroxylation sites is 1. The molecule has 2 bridgehead atoms. The zero-order valence-corrected chi connectivity index (χ0v) is 16.3. The smallest absolute Gasteiger partial charge is 0.148 e.